The van der Waals surface area contributed by atoms with E-state index in [2.05, 4.69) is 35.7 Å². The summed E-state index contributed by atoms with van der Waals surface area (Å²) in [5, 5.41) is 3.15. The highest BCUT2D eigenvalue weighted by molar-refractivity contribution is 9.10. The molecular formula is C16H19BrF4N3O3P. The van der Waals surface area contributed by atoms with Crippen LogP contribution in [0.15, 0.2) is 22.8 Å². The Kier molecular flexibility index (Phi) is 7.07. The minimum Gasteiger partial charge on any atom is -0.354 e. The molecule has 1 aromatic carbocycles. The van der Waals surface area contributed by atoms with Crippen LogP contribution in [0.5, 0.6) is 0 Å². The molecule has 0 bridgehead atoms. The molecule has 1 aromatic heterocycles. The molecule has 1 unspecified atom stereocenters. The fourth-order valence-electron chi connectivity index (χ4n) is 2.37. The van der Waals surface area contributed by atoms with E-state index in [0.29, 0.717) is 5.39 Å². The third-order valence-corrected chi connectivity index (χ3v) is 5.94. The number of nitrogens with zero attached hydrogens (tertiary/aromatic N) is 2. The largest absolute Gasteiger partial charge is 0.401 e. The lowest BCUT2D eigenvalue weighted by Crippen LogP contribution is -2.17. The molecule has 0 saturated carbocycles. The highest BCUT2D eigenvalue weighted by atomic mass is 79.9. The predicted molar refractivity (Wildman–Crippen MR) is 101 cm³/mol. The Balaban J connectivity index is 2.30. The number of rotatable bonds is 9. The number of fused-ring (bicyclic) bond motifs is 1. The van der Waals surface area contributed by atoms with Gasteiger partial charge in [0.15, 0.2) is 0 Å². The van der Waals surface area contributed by atoms with Crippen molar-refractivity contribution in [3.63, 3.8) is 0 Å². The van der Waals surface area contributed by atoms with Crippen LogP contribution in [0.4, 0.5) is 23.5 Å². The van der Waals surface area contributed by atoms with Crippen molar-refractivity contribution in [2.45, 2.75) is 38.3 Å². The van der Waals surface area contributed by atoms with Crippen molar-refractivity contribution in [2.24, 2.45) is 0 Å². The normalized spacial score (nSPS) is 14.9. The van der Waals surface area contributed by atoms with Crippen LogP contribution in [-0.4, -0.2) is 33.9 Å². The van der Waals surface area contributed by atoms with E-state index in [1.807, 2.05) is 0 Å². The highest BCUT2D eigenvalue weighted by Crippen LogP contribution is 2.64. The number of halogens is 5. The molecular weight excluding hydrogens is 469 g/mol. The Labute approximate surface area is 167 Å². The number of benzene rings is 1. The minimum absolute atomic E-state index is 0.0699. The number of aromatic nitrogens is 2. The number of hydrogen-bond acceptors (Lipinski definition) is 5. The van der Waals surface area contributed by atoms with Crippen molar-refractivity contribution in [1.29, 1.82) is 0 Å². The summed E-state index contributed by atoms with van der Waals surface area (Å²) in [7, 11) is -5.27. The summed E-state index contributed by atoms with van der Waals surface area (Å²) in [5.74, 6) is -2.71. The van der Waals surface area contributed by atoms with Crippen LogP contribution >= 0.6 is 23.5 Å². The van der Waals surface area contributed by atoms with Crippen LogP contribution in [0.3, 0.4) is 0 Å². The molecule has 6 nitrogen and oxygen atoms in total. The Morgan fingerprint density at radius 3 is 2.61 bits per heavy atom. The highest BCUT2D eigenvalue weighted by Gasteiger charge is 2.53. The van der Waals surface area contributed by atoms with Gasteiger partial charge in [0, 0.05) is 34.6 Å². The van der Waals surface area contributed by atoms with Gasteiger partial charge in [0.2, 0.25) is 11.9 Å². The maximum Gasteiger partial charge on any atom is 0.401 e. The molecule has 2 aromatic rings. The first-order valence-electron chi connectivity index (χ1n) is 8.31. The molecule has 2 N–H and O–H groups in total. The van der Waals surface area contributed by atoms with Gasteiger partial charge in [0.25, 0.3) is 0 Å². The maximum absolute atomic E-state index is 14.6. The number of anilines is 1. The lowest BCUT2D eigenvalue weighted by Gasteiger charge is -2.23. The van der Waals surface area contributed by atoms with Crippen LogP contribution in [0.25, 0.3) is 10.9 Å². The third-order valence-electron chi connectivity index (χ3n) is 3.73. The van der Waals surface area contributed by atoms with Gasteiger partial charge in [-0.25, -0.2) is 18.7 Å². The smallest absolute Gasteiger partial charge is 0.354 e. The lowest BCUT2D eigenvalue weighted by atomic mass is 10.1. The van der Waals surface area contributed by atoms with Crippen LogP contribution < -0.4 is 5.32 Å². The van der Waals surface area contributed by atoms with Crippen LogP contribution in [-0.2, 0) is 14.8 Å². The molecule has 12 heteroatoms. The van der Waals surface area contributed by atoms with Crippen molar-refractivity contribution in [3.05, 3.63) is 28.4 Å². The van der Waals surface area contributed by atoms with Gasteiger partial charge < -0.3 is 14.7 Å². The Morgan fingerprint density at radius 2 is 2.00 bits per heavy atom. The number of hydrogen-bond donors (Lipinski definition) is 2. The zero-order valence-corrected chi connectivity index (χ0v) is 17.5. The molecule has 0 fully saturated rings. The van der Waals surface area contributed by atoms with Crippen molar-refractivity contribution in [2.75, 3.05) is 18.5 Å². The fraction of sp³-hybridized carbons (Fsp3) is 0.500. The molecule has 0 radical (unpaired) electrons. The van der Waals surface area contributed by atoms with E-state index in [1.165, 1.54) is 19.2 Å². The van der Waals surface area contributed by atoms with E-state index in [4.69, 9.17) is 0 Å². The fourth-order valence-corrected chi connectivity index (χ4v) is 4.14. The van der Waals surface area contributed by atoms with Gasteiger partial charge in [-0.15, -0.1) is 0 Å². The zero-order chi connectivity index (χ0) is 21.2. The van der Waals surface area contributed by atoms with E-state index in [1.54, 1.807) is 0 Å². The van der Waals surface area contributed by atoms with Gasteiger partial charge in [0.1, 0.15) is 0 Å². The van der Waals surface area contributed by atoms with Crippen molar-refractivity contribution in [3.8, 4) is 0 Å². The molecule has 1 atom stereocenters. The monoisotopic (exact) mass is 487 g/mol. The first-order valence-corrected chi connectivity index (χ1v) is 10.7. The molecule has 0 amide bonds. The summed E-state index contributed by atoms with van der Waals surface area (Å²) >= 11 is 2.98. The average molecular weight is 488 g/mol. The van der Waals surface area contributed by atoms with Crippen LogP contribution in [0.1, 0.15) is 32.3 Å². The van der Waals surface area contributed by atoms with E-state index < -0.39 is 24.7 Å². The second-order valence-corrected chi connectivity index (χ2v) is 8.88. The summed E-state index contributed by atoms with van der Waals surface area (Å²) in [5.41, 5.74) is -4.83. The van der Waals surface area contributed by atoms with E-state index in [-0.39, 0.29) is 41.9 Å². The van der Waals surface area contributed by atoms with Crippen LogP contribution in [0.2, 0.25) is 0 Å². The SMILES string of the molecule is CCOP(=O)(O)C(F)(F)c1cc2nc(NCCCC(C)(F)F)ncc2cc1Br. The zero-order valence-electron chi connectivity index (χ0n) is 15.1. The van der Waals surface area contributed by atoms with Gasteiger partial charge in [-0.1, -0.05) is 15.9 Å². The Bertz CT molecular complexity index is 895. The summed E-state index contributed by atoms with van der Waals surface area (Å²) < 4.78 is 70.9. The summed E-state index contributed by atoms with van der Waals surface area (Å²) in [4.78, 5) is 17.7. The van der Waals surface area contributed by atoms with Gasteiger partial charge in [0.05, 0.1) is 12.1 Å². The predicted octanol–water partition coefficient (Wildman–Crippen LogP) is 5.51. The average Bonchev–Trinajstić information content (AvgIpc) is 2.57. The molecule has 0 aliphatic carbocycles. The molecule has 0 aliphatic rings. The van der Waals surface area contributed by atoms with E-state index >= 15 is 0 Å². The number of alkyl halides is 4. The molecule has 2 rings (SSSR count). The molecule has 0 aliphatic heterocycles. The molecule has 1 heterocycles. The Hall–Kier alpha value is -1.29. The topological polar surface area (TPSA) is 84.3 Å². The van der Waals surface area contributed by atoms with Crippen molar-refractivity contribution in [1.82, 2.24) is 9.97 Å². The summed E-state index contributed by atoms with van der Waals surface area (Å²) in [6.07, 6.45) is 1.21. The van der Waals surface area contributed by atoms with E-state index in [9.17, 15) is 27.0 Å². The minimum atomic E-state index is -5.27. The maximum atomic E-state index is 14.6. The second kappa shape index (κ2) is 8.61. The van der Waals surface area contributed by atoms with Crippen LogP contribution in [0, 0.1) is 0 Å². The van der Waals surface area contributed by atoms with Crippen molar-refractivity contribution < 1.29 is 31.5 Å². The van der Waals surface area contributed by atoms with Crippen molar-refractivity contribution >= 4 is 40.4 Å². The van der Waals surface area contributed by atoms with Gasteiger partial charge in [-0.2, -0.15) is 8.78 Å². The molecule has 28 heavy (non-hydrogen) atoms. The summed E-state index contributed by atoms with van der Waals surface area (Å²) in [6, 6.07) is 2.26. The molecule has 0 saturated heterocycles. The first kappa shape index (κ1) is 23.0. The third kappa shape index (κ3) is 5.40. The standard InChI is InChI=1S/C16H19BrF4N3O3P/c1-3-27-28(25,26)16(20,21)11-8-13-10(7-12(11)17)9-23-14(24-13)22-6-4-5-15(2,18)19/h7-9H,3-6H2,1-2H3,(H,25,26)(H,22,23,24). The first-order chi connectivity index (χ1) is 12.9. The van der Waals surface area contributed by atoms with Gasteiger partial charge in [-0.05, 0) is 32.4 Å². The Morgan fingerprint density at radius 1 is 1.32 bits per heavy atom. The lowest BCUT2D eigenvalue weighted by molar-refractivity contribution is 0.0119. The molecule has 156 valence electrons. The molecule has 0 spiro atoms. The summed E-state index contributed by atoms with van der Waals surface area (Å²) in [6.45, 7) is 1.96. The second-order valence-electron chi connectivity index (χ2n) is 6.16. The quantitative estimate of drug-likeness (QED) is 0.275. The van der Waals surface area contributed by atoms with Gasteiger partial charge >= 0.3 is 13.3 Å². The van der Waals surface area contributed by atoms with E-state index in [0.717, 1.165) is 13.0 Å². The number of nitrogens with one attached hydrogen (secondary N) is 1. The van der Waals surface area contributed by atoms with Gasteiger partial charge in [-0.3, -0.25) is 4.57 Å².